The number of rotatable bonds is 2. The van der Waals surface area contributed by atoms with E-state index in [4.69, 9.17) is 14.6 Å². The Balaban J connectivity index is 2.22. The van der Waals surface area contributed by atoms with Gasteiger partial charge in [-0.2, -0.15) is 4.98 Å². The number of fused-ring (bicyclic) bond motifs is 1. The molecule has 0 saturated carbocycles. The van der Waals surface area contributed by atoms with Gasteiger partial charge < -0.3 is 14.6 Å². The first-order valence-electron chi connectivity index (χ1n) is 4.78. The van der Waals surface area contributed by atoms with Crippen molar-refractivity contribution in [3.8, 4) is 11.5 Å². The first-order chi connectivity index (χ1) is 8.28. The second-order valence-electron chi connectivity index (χ2n) is 3.28. The van der Waals surface area contributed by atoms with Gasteiger partial charge in [0.05, 0.1) is 11.8 Å². The summed E-state index contributed by atoms with van der Waals surface area (Å²) in [5.74, 6) is 0.742. The molecule has 0 aromatic carbocycles. The van der Waals surface area contributed by atoms with Crippen LogP contribution < -0.4 is 5.73 Å². The summed E-state index contributed by atoms with van der Waals surface area (Å²) in [4.78, 5) is 12.5. The van der Waals surface area contributed by atoms with E-state index >= 15 is 0 Å². The number of anilines is 1. The maximum atomic E-state index is 5.79. The van der Waals surface area contributed by atoms with Crippen LogP contribution in [-0.4, -0.2) is 21.2 Å². The molecule has 0 spiro atoms. The number of nitrogens with zero attached hydrogens (tertiary/aromatic N) is 3. The molecule has 0 atom stereocenters. The Labute approximate surface area is 100 Å². The number of nitrogen functional groups attached to an aromatic ring is 1. The third-order valence-electron chi connectivity index (χ3n) is 2.22. The summed E-state index contributed by atoms with van der Waals surface area (Å²) in [5.41, 5.74) is 7.39. The van der Waals surface area contributed by atoms with Crippen molar-refractivity contribution in [2.75, 3.05) is 12.0 Å². The lowest BCUT2D eigenvalue weighted by Crippen LogP contribution is -1.95. The molecule has 0 unspecified atom stereocenters. The van der Waals surface area contributed by atoms with Crippen molar-refractivity contribution in [2.24, 2.45) is 0 Å². The van der Waals surface area contributed by atoms with Crippen molar-refractivity contribution in [1.29, 1.82) is 0 Å². The summed E-state index contributed by atoms with van der Waals surface area (Å²) < 4.78 is 10.5. The highest BCUT2D eigenvalue weighted by atomic mass is 32.2. The SMILES string of the molecule is CSc1nc(N)c2nc(-c3ccoc3)oc2n1. The molecule has 17 heavy (non-hydrogen) atoms. The molecule has 0 radical (unpaired) electrons. The van der Waals surface area contributed by atoms with Crippen LogP contribution in [0.4, 0.5) is 5.82 Å². The van der Waals surface area contributed by atoms with E-state index in [0.29, 0.717) is 28.1 Å². The molecule has 86 valence electrons. The summed E-state index contributed by atoms with van der Waals surface area (Å²) in [7, 11) is 0. The van der Waals surface area contributed by atoms with Gasteiger partial charge in [0.25, 0.3) is 5.71 Å². The van der Waals surface area contributed by atoms with Crippen molar-refractivity contribution >= 4 is 28.8 Å². The van der Waals surface area contributed by atoms with E-state index in [0.717, 1.165) is 5.56 Å². The van der Waals surface area contributed by atoms with Gasteiger partial charge in [0, 0.05) is 0 Å². The fraction of sp³-hybridized carbons (Fsp3) is 0.100. The maximum Gasteiger partial charge on any atom is 0.253 e. The van der Waals surface area contributed by atoms with Gasteiger partial charge in [0.1, 0.15) is 6.26 Å². The van der Waals surface area contributed by atoms with E-state index in [1.54, 1.807) is 18.6 Å². The van der Waals surface area contributed by atoms with Gasteiger partial charge in [-0.15, -0.1) is 0 Å². The van der Waals surface area contributed by atoms with Crippen molar-refractivity contribution in [2.45, 2.75) is 5.16 Å². The Bertz CT molecular complexity index is 662. The standard InChI is InChI=1S/C10H8N4O2S/c1-17-10-13-7(11)6-9(14-10)16-8(12-6)5-2-3-15-4-5/h2-4H,1H3,(H2,11,13,14). The topological polar surface area (TPSA) is 91.0 Å². The number of hydrogen-bond acceptors (Lipinski definition) is 7. The molecule has 6 nitrogen and oxygen atoms in total. The Morgan fingerprint density at radius 1 is 1.29 bits per heavy atom. The smallest absolute Gasteiger partial charge is 0.253 e. The molecule has 0 bridgehead atoms. The summed E-state index contributed by atoms with van der Waals surface area (Å²) >= 11 is 1.40. The molecule has 3 rings (SSSR count). The predicted molar refractivity (Wildman–Crippen MR) is 63.5 cm³/mol. The molecule has 0 aliphatic carbocycles. The van der Waals surface area contributed by atoms with Crippen LogP contribution in [0.1, 0.15) is 0 Å². The number of thioether (sulfide) groups is 1. The summed E-state index contributed by atoms with van der Waals surface area (Å²) in [6, 6.07) is 1.75. The molecule has 0 amide bonds. The number of aromatic nitrogens is 3. The highest BCUT2D eigenvalue weighted by Gasteiger charge is 2.14. The summed E-state index contributed by atoms with van der Waals surface area (Å²) in [6.07, 6.45) is 4.96. The van der Waals surface area contributed by atoms with Crippen LogP contribution in [0.3, 0.4) is 0 Å². The Morgan fingerprint density at radius 2 is 2.18 bits per heavy atom. The predicted octanol–water partition coefficient (Wildman–Crippen LogP) is 2.18. The second kappa shape index (κ2) is 3.77. The highest BCUT2D eigenvalue weighted by Crippen LogP contribution is 2.27. The van der Waals surface area contributed by atoms with Gasteiger partial charge in [-0.25, -0.2) is 9.97 Å². The van der Waals surface area contributed by atoms with E-state index in [1.165, 1.54) is 11.8 Å². The average molecular weight is 248 g/mol. The molecular formula is C10H8N4O2S. The van der Waals surface area contributed by atoms with E-state index in [2.05, 4.69) is 15.0 Å². The van der Waals surface area contributed by atoms with Gasteiger partial charge in [0.15, 0.2) is 16.5 Å². The largest absolute Gasteiger partial charge is 0.472 e. The average Bonchev–Trinajstić information content (AvgIpc) is 2.96. The Hall–Kier alpha value is -2.02. The van der Waals surface area contributed by atoms with Crippen LogP contribution in [0.2, 0.25) is 0 Å². The lowest BCUT2D eigenvalue weighted by atomic mass is 10.3. The maximum absolute atomic E-state index is 5.79. The Morgan fingerprint density at radius 3 is 2.88 bits per heavy atom. The monoisotopic (exact) mass is 248 g/mol. The Kier molecular flexibility index (Phi) is 2.25. The molecule has 0 aliphatic heterocycles. The number of hydrogen-bond donors (Lipinski definition) is 1. The zero-order valence-corrected chi connectivity index (χ0v) is 9.69. The molecule has 0 fully saturated rings. The first kappa shape index (κ1) is 10.2. The minimum atomic E-state index is 0.317. The zero-order valence-electron chi connectivity index (χ0n) is 8.88. The first-order valence-corrected chi connectivity index (χ1v) is 6.01. The second-order valence-corrected chi connectivity index (χ2v) is 4.05. The highest BCUT2D eigenvalue weighted by molar-refractivity contribution is 7.98. The van der Waals surface area contributed by atoms with Gasteiger partial charge in [-0.1, -0.05) is 11.8 Å². The molecule has 2 N–H and O–H groups in total. The van der Waals surface area contributed by atoms with Crippen LogP contribution in [0, 0.1) is 0 Å². The van der Waals surface area contributed by atoms with E-state index in [9.17, 15) is 0 Å². The van der Waals surface area contributed by atoms with Crippen molar-refractivity contribution in [3.05, 3.63) is 18.6 Å². The van der Waals surface area contributed by atoms with Crippen LogP contribution in [0.5, 0.6) is 0 Å². The third kappa shape index (κ3) is 1.64. The van der Waals surface area contributed by atoms with Crippen molar-refractivity contribution < 1.29 is 8.83 Å². The molecule has 3 heterocycles. The molecule has 3 aromatic heterocycles. The molecular weight excluding hydrogens is 240 g/mol. The van der Waals surface area contributed by atoms with Crippen molar-refractivity contribution in [1.82, 2.24) is 15.0 Å². The lowest BCUT2D eigenvalue weighted by molar-refractivity contribution is 0.563. The lowest BCUT2D eigenvalue weighted by Gasteiger charge is -1.95. The number of nitrogens with two attached hydrogens (primary N) is 1. The van der Waals surface area contributed by atoms with Crippen LogP contribution >= 0.6 is 11.8 Å². The van der Waals surface area contributed by atoms with Crippen LogP contribution in [-0.2, 0) is 0 Å². The minimum absolute atomic E-state index is 0.317. The third-order valence-corrected chi connectivity index (χ3v) is 2.76. The minimum Gasteiger partial charge on any atom is -0.472 e. The van der Waals surface area contributed by atoms with E-state index in [1.807, 2.05) is 6.26 Å². The molecule has 0 saturated heterocycles. The van der Waals surface area contributed by atoms with Crippen LogP contribution in [0.15, 0.2) is 32.6 Å². The number of oxazole rings is 1. The normalized spacial score (nSPS) is 11.1. The molecule has 7 heteroatoms. The van der Waals surface area contributed by atoms with Gasteiger partial charge in [-0.05, 0) is 12.3 Å². The quantitative estimate of drug-likeness (QED) is 0.549. The number of furan rings is 1. The van der Waals surface area contributed by atoms with E-state index in [-0.39, 0.29) is 0 Å². The van der Waals surface area contributed by atoms with Crippen molar-refractivity contribution in [3.63, 3.8) is 0 Å². The molecule has 0 aliphatic rings. The fourth-order valence-electron chi connectivity index (χ4n) is 1.42. The summed E-state index contributed by atoms with van der Waals surface area (Å²) in [5, 5.41) is 0.560. The van der Waals surface area contributed by atoms with Gasteiger partial charge in [0.2, 0.25) is 5.89 Å². The summed E-state index contributed by atoms with van der Waals surface area (Å²) in [6.45, 7) is 0. The fourth-order valence-corrected chi connectivity index (χ4v) is 1.79. The van der Waals surface area contributed by atoms with Gasteiger partial charge in [-0.3, -0.25) is 0 Å². The van der Waals surface area contributed by atoms with E-state index < -0.39 is 0 Å². The molecule has 3 aromatic rings. The zero-order chi connectivity index (χ0) is 11.8. The van der Waals surface area contributed by atoms with Crippen LogP contribution in [0.25, 0.3) is 22.7 Å². The van der Waals surface area contributed by atoms with Gasteiger partial charge >= 0.3 is 0 Å².